The molecule has 3 rings (SSSR count). The van der Waals surface area contributed by atoms with Crippen molar-refractivity contribution >= 4 is 17.6 Å². The van der Waals surface area contributed by atoms with Gasteiger partial charge in [0.05, 0.1) is 11.6 Å². The van der Waals surface area contributed by atoms with E-state index in [1.807, 2.05) is 6.07 Å². The minimum Gasteiger partial charge on any atom is -0.398 e. The number of nitrogens with one attached hydrogen (secondary N) is 1. The number of hydrogen-bond acceptors (Lipinski definition) is 3. The Morgan fingerprint density at radius 3 is 2.89 bits per heavy atom. The van der Waals surface area contributed by atoms with E-state index in [4.69, 9.17) is 5.73 Å². The van der Waals surface area contributed by atoms with Gasteiger partial charge in [-0.25, -0.2) is 4.79 Å². The van der Waals surface area contributed by atoms with Gasteiger partial charge in [0.15, 0.2) is 0 Å². The van der Waals surface area contributed by atoms with Crippen molar-refractivity contribution in [2.45, 2.75) is 6.04 Å². The summed E-state index contributed by atoms with van der Waals surface area (Å²) in [5, 5.41) is 2.80. The molecule has 100 valence electrons. The molecular formula is C13H16N4O2. The number of benzene rings is 1. The number of fused-ring (bicyclic) bond motifs is 1. The van der Waals surface area contributed by atoms with Gasteiger partial charge >= 0.3 is 6.03 Å². The van der Waals surface area contributed by atoms with Gasteiger partial charge in [-0.3, -0.25) is 4.79 Å². The fraction of sp³-hybridized carbons (Fsp3) is 0.385. The molecule has 1 atom stereocenters. The lowest BCUT2D eigenvalue weighted by atomic mass is 10.1. The van der Waals surface area contributed by atoms with Gasteiger partial charge in [0.2, 0.25) is 0 Å². The second-order valence-electron chi connectivity index (χ2n) is 4.87. The highest BCUT2D eigenvalue weighted by Gasteiger charge is 2.37. The largest absolute Gasteiger partial charge is 0.398 e. The minimum absolute atomic E-state index is 0.0312. The zero-order valence-electron chi connectivity index (χ0n) is 10.5. The molecule has 6 heteroatoms. The molecular weight excluding hydrogens is 244 g/mol. The summed E-state index contributed by atoms with van der Waals surface area (Å²) in [6, 6.07) is 7.13. The lowest BCUT2D eigenvalue weighted by Gasteiger charge is -2.36. The molecule has 19 heavy (non-hydrogen) atoms. The Morgan fingerprint density at radius 1 is 1.32 bits per heavy atom. The molecule has 2 aliphatic rings. The highest BCUT2D eigenvalue weighted by Crippen LogP contribution is 2.19. The van der Waals surface area contributed by atoms with Crippen LogP contribution in [-0.4, -0.2) is 54.0 Å². The summed E-state index contributed by atoms with van der Waals surface area (Å²) in [6.45, 7) is 2.30. The summed E-state index contributed by atoms with van der Waals surface area (Å²) in [6.07, 6.45) is 0. The van der Waals surface area contributed by atoms with Crippen molar-refractivity contribution in [1.29, 1.82) is 0 Å². The molecule has 0 saturated carbocycles. The molecule has 0 spiro atoms. The Kier molecular flexibility index (Phi) is 2.77. The highest BCUT2D eigenvalue weighted by molar-refractivity contribution is 5.99. The molecule has 0 bridgehead atoms. The van der Waals surface area contributed by atoms with Gasteiger partial charge in [0, 0.05) is 31.9 Å². The van der Waals surface area contributed by atoms with Gasteiger partial charge in [-0.1, -0.05) is 12.1 Å². The molecule has 2 fully saturated rings. The third-order valence-electron chi connectivity index (χ3n) is 3.71. The van der Waals surface area contributed by atoms with Gasteiger partial charge in [0.25, 0.3) is 5.91 Å². The van der Waals surface area contributed by atoms with Gasteiger partial charge < -0.3 is 20.9 Å². The first-order valence-corrected chi connectivity index (χ1v) is 6.35. The average molecular weight is 260 g/mol. The molecule has 2 heterocycles. The summed E-state index contributed by atoms with van der Waals surface area (Å²) in [4.78, 5) is 27.5. The number of urea groups is 1. The Hall–Kier alpha value is -2.24. The fourth-order valence-corrected chi connectivity index (χ4v) is 2.65. The topological polar surface area (TPSA) is 78.7 Å². The Morgan fingerprint density at radius 2 is 2.11 bits per heavy atom. The van der Waals surface area contributed by atoms with E-state index in [1.54, 1.807) is 28.0 Å². The maximum atomic E-state index is 12.4. The molecule has 2 saturated heterocycles. The van der Waals surface area contributed by atoms with E-state index in [1.165, 1.54) is 0 Å². The van der Waals surface area contributed by atoms with E-state index in [-0.39, 0.29) is 18.0 Å². The molecule has 3 amide bonds. The second-order valence-corrected chi connectivity index (χ2v) is 4.87. The first kappa shape index (κ1) is 11.8. The summed E-state index contributed by atoms with van der Waals surface area (Å²) < 4.78 is 0. The van der Waals surface area contributed by atoms with Crippen molar-refractivity contribution in [3.05, 3.63) is 29.8 Å². The lowest BCUT2D eigenvalue weighted by molar-refractivity contribution is 0.0618. The Bertz CT molecular complexity index is 531. The van der Waals surface area contributed by atoms with Crippen LogP contribution in [0.25, 0.3) is 0 Å². The van der Waals surface area contributed by atoms with Crippen molar-refractivity contribution in [1.82, 2.24) is 15.1 Å². The van der Waals surface area contributed by atoms with Crippen LogP contribution in [-0.2, 0) is 0 Å². The van der Waals surface area contributed by atoms with Gasteiger partial charge in [0.1, 0.15) is 0 Å². The Balaban J connectivity index is 1.76. The number of nitrogens with zero attached hydrogens (tertiary/aromatic N) is 2. The molecule has 3 N–H and O–H groups in total. The van der Waals surface area contributed by atoms with E-state index < -0.39 is 0 Å². The van der Waals surface area contributed by atoms with Crippen molar-refractivity contribution < 1.29 is 9.59 Å². The monoisotopic (exact) mass is 260 g/mol. The van der Waals surface area contributed by atoms with Crippen molar-refractivity contribution in [3.63, 3.8) is 0 Å². The van der Waals surface area contributed by atoms with E-state index >= 15 is 0 Å². The molecule has 0 aromatic heterocycles. The molecule has 1 unspecified atom stereocenters. The van der Waals surface area contributed by atoms with Gasteiger partial charge in [-0.15, -0.1) is 0 Å². The number of rotatable bonds is 1. The van der Waals surface area contributed by atoms with Crippen molar-refractivity contribution in [2.75, 3.05) is 31.9 Å². The predicted molar refractivity (Wildman–Crippen MR) is 70.7 cm³/mol. The zero-order chi connectivity index (χ0) is 13.4. The van der Waals surface area contributed by atoms with Crippen molar-refractivity contribution in [3.8, 4) is 0 Å². The van der Waals surface area contributed by atoms with Crippen LogP contribution < -0.4 is 11.1 Å². The Labute approximate surface area is 111 Å². The van der Waals surface area contributed by atoms with Crippen LogP contribution in [0.2, 0.25) is 0 Å². The van der Waals surface area contributed by atoms with E-state index in [9.17, 15) is 9.59 Å². The van der Waals surface area contributed by atoms with E-state index in [2.05, 4.69) is 5.32 Å². The molecule has 6 nitrogen and oxygen atoms in total. The molecule has 1 aromatic rings. The van der Waals surface area contributed by atoms with E-state index in [0.29, 0.717) is 37.4 Å². The van der Waals surface area contributed by atoms with Crippen LogP contribution in [0.5, 0.6) is 0 Å². The molecule has 0 radical (unpaired) electrons. The quantitative estimate of drug-likeness (QED) is 0.704. The van der Waals surface area contributed by atoms with Crippen LogP contribution in [0, 0.1) is 0 Å². The third kappa shape index (κ3) is 1.99. The summed E-state index contributed by atoms with van der Waals surface area (Å²) in [7, 11) is 0. The first-order chi connectivity index (χ1) is 9.16. The maximum Gasteiger partial charge on any atom is 0.317 e. The smallest absolute Gasteiger partial charge is 0.317 e. The number of carbonyl (C=O) groups is 2. The zero-order valence-corrected chi connectivity index (χ0v) is 10.5. The number of nitrogen functional groups attached to an aromatic ring is 1. The minimum atomic E-state index is -0.0582. The van der Waals surface area contributed by atoms with Gasteiger partial charge in [-0.2, -0.15) is 0 Å². The van der Waals surface area contributed by atoms with E-state index in [0.717, 1.165) is 0 Å². The molecule has 2 aliphatic heterocycles. The molecule has 0 aliphatic carbocycles. The second kappa shape index (κ2) is 4.46. The summed E-state index contributed by atoms with van der Waals surface area (Å²) in [5.41, 5.74) is 6.86. The standard InChI is InChI=1S/C13H16N4O2/c14-11-4-2-1-3-10(11)12(18)16-5-6-17-9(8-16)7-15-13(17)19/h1-4,9H,5-8,14H2,(H,15,19). The average Bonchev–Trinajstić information content (AvgIpc) is 2.80. The first-order valence-electron chi connectivity index (χ1n) is 6.35. The summed E-state index contributed by atoms with van der Waals surface area (Å²) in [5.74, 6) is -0.0582. The number of para-hydroxylation sites is 1. The predicted octanol–water partition coefficient (Wildman–Crippen LogP) is 0.118. The third-order valence-corrected chi connectivity index (χ3v) is 3.71. The lowest BCUT2D eigenvalue weighted by Crippen LogP contribution is -2.53. The SMILES string of the molecule is Nc1ccccc1C(=O)N1CCN2C(=O)NCC2C1. The maximum absolute atomic E-state index is 12.4. The fourth-order valence-electron chi connectivity index (χ4n) is 2.65. The number of hydrogen-bond donors (Lipinski definition) is 2. The van der Waals surface area contributed by atoms with Crippen LogP contribution in [0.3, 0.4) is 0 Å². The van der Waals surface area contributed by atoms with Crippen molar-refractivity contribution in [2.24, 2.45) is 0 Å². The number of anilines is 1. The van der Waals surface area contributed by atoms with Crippen LogP contribution >= 0.6 is 0 Å². The summed E-state index contributed by atoms with van der Waals surface area (Å²) >= 11 is 0. The molecule has 1 aromatic carbocycles. The highest BCUT2D eigenvalue weighted by atomic mass is 16.2. The number of amides is 3. The van der Waals surface area contributed by atoms with Crippen LogP contribution in [0.1, 0.15) is 10.4 Å². The number of carbonyl (C=O) groups excluding carboxylic acids is 2. The van der Waals surface area contributed by atoms with Crippen LogP contribution in [0.4, 0.5) is 10.5 Å². The van der Waals surface area contributed by atoms with Crippen LogP contribution in [0.15, 0.2) is 24.3 Å². The number of piperazine rings is 1. The van der Waals surface area contributed by atoms with Gasteiger partial charge in [-0.05, 0) is 12.1 Å². The number of nitrogens with two attached hydrogens (primary N) is 1. The normalized spacial score (nSPS) is 22.1.